The predicted molar refractivity (Wildman–Crippen MR) is 159 cm³/mol. The first kappa shape index (κ1) is 26.6. The highest BCUT2D eigenvalue weighted by Gasteiger charge is 2.14. The van der Waals surface area contributed by atoms with Crippen molar-refractivity contribution in [1.29, 1.82) is 0 Å². The molecule has 0 heterocycles. The van der Waals surface area contributed by atoms with Gasteiger partial charge in [-0.3, -0.25) is 0 Å². The lowest BCUT2D eigenvalue weighted by atomic mass is 10.1. The van der Waals surface area contributed by atoms with Crippen LogP contribution in [-0.4, -0.2) is 6.54 Å². The number of nitrogens with zero attached hydrogens (tertiary/aromatic N) is 2. The van der Waals surface area contributed by atoms with Crippen LogP contribution in [0.5, 0.6) is 0 Å². The summed E-state index contributed by atoms with van der Waals surface area (Å²) in [6.45, 7) is 9.13. The fourth-order valence-corrected chi connectivity index (χ4v) is 4.05. The van der Waals surface area contributed by atoms with Gasteiger partial charge in [-0.05, 0) is 73.5 Å². The van der Waals surface area contributed by atoms with E-state index in [2.05, 4.69) is 157 Å². The van der Waals surface area contributed by atoms with Gasteiger partial charge in [-0.1, -0.05) is 99.7 Å². The minimum absolute atomic E-state index is 0.805. The Hall–Kier alpha value is -4.04. The maximum Gasteiger partial charge on any atom is 0.0463 e. The fourth-order valence-electron chi connectivity index (χ4n) is 4.05. The number of hydrogen-bond acceptors (Lipinski definition) is 2. The second-order valence-electron chi connectivity index (χ2n) is 8.18. The third-order valence-electron chi connectivity index (χ3n) is 5.76. The van der Waals surface area contributed by atoms with Gasteiger partial charge in [-0.15, -0.1) is 0 Å². The topological polar surface area (TPSA) is 6.48 Å². The molecule has 0 spiro atoms. The Balaban J connectivity index is 0.00000176. The molecule has 0 unspecified atom stereocenters. The SMILES string of the molecule is CC.CC/C=C\C=C/CN(c1ccc(N(c2ccccc2)c2ccccc2)cc1)c1ccccc1C. The number of aryl methyl sites for hydroxylation is 1. The first-order valence-corrected chi connectivity index (χ1v) is 12.9. The minimum Gasteiger partial charge on any atom is -0.337 e. The molecule has 4 aromatic rings. The summed E-state index contributed by atoms with van der Waals surface area (Å²) < 4.78 is 0. The lowest BCUT2D eigenvalue weighted by Gasteiger charge is -2.28. The fraction of sp³-hybridized carbons (Fsp3) is 0.176. The van der Waals surface area contributed by atoms with Crippen molar-refractivity contribution in [2.24, 2.45) is 0 Å². The quantitative estimate of drug-likeness (QED) is 0.223. The Morgan fingerprint density at radius 3 is 1.58 bits per heavy atom. The van der Waals surface area contributed by atoms with Gasteiger partial charge in [0.15, 0.2) is 0 Å². The zero-order chi connectivity index (χ0) is 25.6. The Morgan fingerprint density at radius 2 is 1.03 bits per heavy atom. The van der Waals surface area contributed by atoms with Crippen molar-refractivity contribution in [3.05, 3.63) is 139 Å². The van der Waals surface area contributed by atoms with Crippen molar-refractivity contribution in [3.8, 4) is 0 Å². The summed E-state index contributed by atoms with van der Waals surface area (Å²) >= 11 is 0. The van der Waals surface area contributed by atoms with Gasteiger partial charge in [0.2, 0.25) is 0 Å². The number of allylic oxidation sites excluding steroid dienone is 3. The molecule has 0 aliphatic rings. The lowest BCUT2D eigenvalue weighted by molar-refractivity contribution is 1.08. The normalized spacial score (nSPS) is 10.8. The molecule has 0 radical (unpaired) electrons. The van der Waals surface area contributed by atoms with Crippen LogP contribution < -0.4 is 9.80 Å². The average molecular weight is 475 g/mol. The van der Waals surface area contributed by atoms with E-state index in [1.165, 1.54) is 16.9 Å². The first-order chi connectivity index (χ1) is 17.8. The molecule has 0 saturated heterocycles. The first-order valence-electron chi connectivity index (χ1n) is 12.9. The minimum atomic E-state index is 0.805. The summed E-state index contributed by atoms with van der Waals surface area (Å²) in [4.78, 5) is 4.65. The van der Waals surface area contributed by atoms with E-state index >= 15 is 0 Å². The number of para-hydroxylation sites is 3. The van der Waals surface area contributed by atoms with Gasteiger partial charge in [0, 0.05) is 35.0 Å². The highest BCUT2D eigenvalue weighted by molar-refractivity contribution is 5.78. The summed E-state index contributed by atoms with van der Waals surface area (Å²) in [7, 11) is 0. The number of hydrogen-bond donors (Lipinski definition) is 0. The molecular formula is C34H38N2. The van der Waals surface area contributed by atoms with E-state index in [0.717, 1.165) is 30.0 Å². The molecule has 2 nitrogen and oxygen atoms in total. The molecule has 4 aromatic carbocycles. The molecule has 0 fully saturated rings. The van der Waals surface area contributed by atoms with Crippen LogP contribution in [0.25, 0.3) is 0 Å². The molecule has 0 amide bonds. The lowest BCUT2D eigenvalue weighted by Crippen LogP contribution is -2.18. The molecule has 184 valence electrons. The molecular weight excluding hydrogens is 436 g/mol. The van der Waals surface area contributed by atoms with E-state index in [-0.39, 0.29) is 0 Å². The number of benzene rings is 4. The van der Waals surface area contributed by atoms with Crippen molar-refractivity contribution in [1.82, 2.24) is 0 Å². The third-order valence-corrected chi connectivity index (χ3v) is 5.76. The summed E-state index contributed by atoms with van der Waals surface area (Å²) in [5.41, 5.74) is 7.07. The maximum absolute atomic E-state index is 2.37. The molecule has 0 N–H and O–H groups in total. The molecule has 0 aliphatic carbocycles. The molecule has 4 rings (SSSR count). The van der Waals surface area contributed by atoms with Crippen molar-refractivity contribution in [2.75, 3.05) is 16.3 Å². The van der Waals surface area contributed by atoms with Crippen LogP contribution >= 0.6 is 0 Å². The van der Waals surface area contributed by atoms with E-state index < -0.39 is 0 Å². The van der Waals surface area contributed by atoms with Gasteiger partial charge in [0.25, 0.3) is 0 Å². The third kappa shape index (κ3) is 6.99. The van der Waals surface area contributed by atoms with E-state index in [4.69, 9.17) is 0 Å². The second-order valence-corrected chi connectivity index (χ2v) is 8.18. The maximum atomic E-state index is 2.37. The van der Waals surface area contributed by atoms with Crippen molar-refractivity contribution in [3.63, 3.8) is 0 Å². The van der Waals surface area contributed by atoms with Crippen molar-refractivity contribution >= 4 is 28.4 Å². The standard InChI is InChI=1S/C32H32N2.C2H6/c1-3-4-5-6-15-26-33(32-21-14-13-16-27(32)2)28-22-24-31(25-23-28)34(29-17-9-7-10-18-29)30-19-11-8-12-20-30;1-2/h4-25H,3,26H2,1-2H3;1-2H3/b5-4-,15-6-;. The van der Waals surface area contributed by atoms with E-state index in [9.17, 15) is 0 Å². The highest BCUT2D eigenvalue weighted by Crippen LogP contribution is 2.36. The van der Waals surface area contributed by atoms with Crippen LogP contribution in [0.3, 0.4) is 0 Å². The van der Waals surface area contributed by atoms with Gasteiger partial charge in [-0.2, -0.15) is 0 Å². The highest BCUT2D eigenvalue weighted by atomic mass is 15.2. The van der Waals surface area contributed by atoms with Gasteiger partial charge in [0.05, 0.1) is 0 Å². The monoisotopic (exact) mass is 474 g/mol. The van der Waals surface area contributed by atoms with Crippen LogP contribution in [0.1, 0.15) is 32.8 Å². The summed E-state index contributed by atoms with van der Waals surface area (Å²) in [5, 5.41) is 0. The zero-order valence-corrected chi connectivity index (χ0v) is 22.0. The Kier molecular flexibility index (Phi) is 10.6. The Bertz CT molecular complexity index is 1170. The van der Waals surface area contributed by atoms with Crippen LogP contribution in [0, 0.1) is 6.92 Å². The summed E-state index contributed by atoms with van der Waals surface area (Å²) in [6.07, 6.45) is 9.69. The molecule has 0 bridgehead atoms. The summed E-state index contributed by atoms with van der Waals surface area (Å²) in [5.74, 6) is 0. The Morgan fingerprint density at radius 1 is 0.556 bits per heavy atom. The van der Waals surface area contributed by atoms with Gasteiger partial charge in [0.1, 0.15) is 0 Å². The molecule has 36 heavy (non-hydrogen) atoms. The van der Waals surface area contributed by atoms with Crippen molar-refractivity contribution in [2.45, 2.75) is 34.1 Å². The van der Waals surface area contributed by atoms with Crippen LogP contribution in [0.2, 0.25) is 0 Å². The molecule has 0 saturated carbocycles. The number of rotatable bonds is 9. The van der Waals surface area contributed by atoms with Gasteiger partial charge < -0.3 is 9.80 Å². The van der Waals surface area contributed by atoms with E-state index in [1.807, 2.05) is 13.8 Å². The molecule has 0 aliphatic heterocycles. The van der Waals surface area contributed by atoms with Crippen LogP contribution in [0.4, 0.5) is 28.4 Å². The molecule has 2 heteroatoms. The molecule has 0 atom stereocenters. The van der Waals surface area contributed by atoms with Gasteiger partial charge in [-0.25, -0.2) is 0 Å². The van der Waals surface area contributed by atoms with Crippen LogP contribution in [-0.2, 0) is 0 Å². The van der Waals surface area contributed by atoms with Crippen molar-refractivity contribution < 1.29 is 0 Å². The van der Waals surface area contributed by atoms with E-state index in [1.54, 1.807) is 0 Å². The largest absolute Gasteiger partial charge is 0.337 e. The summed E-state index contributed by atoms with van der Waals surface area (Å²) in [6, 6.07) is 38.5. The number of anilines is 5. The zero-order valence-electron chi connectivity index (χ0n) is 22.0. The van der Waals surface area contributed by atoms with Gasteiger partial charge >= 0.3 is 0 Å². The van der Waals surface area contributed by atoms with E-state index in [0.29, 0.717) is 0 Å². The second kappa shape index (κ2) is 14.4. The predicted octanol–water partition coefficient (Wildman–Crippen LogP) is 10.2. The molecule has 0 aromatic heterocycles. The average Bonchev–Trinajstić information content (AvgIpc) is 2.94. The smallest absolute Gasteiger partial charge is 0.0463 e. The van der Waals surface area contributed by atoms with Crippen LogP contribution in [0.15, 0.2) is 133 Å². The Labute approximate surface area is 217 Å².